The zero-order chi connectivity index (χ0) is 25.0. The van der Waals surface area contributed by atoms with E-state index in [1.54, 1.807) is 0 Å². The van der Waals surface area contributed by atoms with E-state index in [-0.39, 0.29) is 5.92 Å². The van der Waals surface area contributed by atoms with Gasteiger partial charge in [0.2, 0.25) is 0 Å². The molecule has 0 aliphatic carbocycles. The monoisotopic (exact) mass is 615 g/mol. The van der Waals surface area contributed by atoms with E-state index in [9.17, 15) is 5.11 Å². The molecule has 0 aliphatic rings. The molecule has 0 bridgehead atoms. The van der Waals surface area contributed by atoms with Crippen molar-refractivity contribution >= 4 is 54.2 Å². The lowest BCUT2D eigenvalue weighted by Gasteiger charge is -2.39. The number of alkyl halides is 1. The maximum Gasteiger partial charge on any atom is 0.143 e. The van der Waals surface area contributed by atoms with E-state index in [1.165, 1.54) is 0 Å². The Hall–Kier alpha value is -1.89. The quantitative estimate of drug-likeness (QED) is 0.194. The van der Waals surface area contributed by atoms with Gasteiger partial charge in [-0.3, -0.25) is 0 Å². The van der Waals surface area contributed by atoms with Crippen LogP contribution < -0.4 is 4.74 Å². The molecule has 6 heteroatoms. The molecule has 35 heavy (non-hydrogen) atoms. The Bertz CT molecular complexity index is 1300. The molecule has 0 saturated carbocycles. The Kier molecular flexibility index (Phi) is 8.56. The predicted molar refractivity (Wildman–Crippen MR) is 153 cm³/mol. The zero-order valence-corrected chi connectivity index (χ0v) is 23.6. The van der Waals surface area contributed by atoms with E-state index in [4.69, 9.17) is 16.3 Å². The van der Waals surface area contributed by atoms with Crippen LogP contribution in [0.3, 0.4) is 0 Å². The number of halogens is 3. The van der Waals surface area contributed by atoms with Gasteiger partial charge in [0, 0.05) is 22.0 Å². The van der Waals surface area contributed by atoms with Crippen molar-refractivity contribution in [2.45, 2.75) is 17.9 Å². The number of nitrogens with zero attached hydrogens (tertiary/aromatic N) is 1. The molecule has 0 saturated heterocycles. The van der Waals surface area contributed by atoms with E-state index < -0.39 is 5.60 Å². The zero-order valence-electron chi connectivity index (χ0n) is 19.7. The normalized spacial score (nSPS) is 14.1. The fourth-order valence-corrected chi connectivity index (χ4v) is 5.63. The fraction of sp³-hybridized carbons (Fsp3) is 0.241. The Morgan fingerprint density at radius 1 is 0.914 bits per heavy atom. The smallest absolute Gasteiger partial charge is 0.143 e. The molecule has 2 unspecified atom stereocenters. The van der Waals surface area contributed by atoms with Crippen LogP contribution >= 0.6 is 43.5 Å². The van der Waals surface area contributed by atoms with E-state index in [0.717, 1.165) is 44.2 Å². The number of ether oxygens (including phenoxy) is 1. The van der Waals surface area contributed by atoms with Crippen LogP contribution in [0.15, 0.2) is 89.4 Å². The Labute approximate surface area is 228 Å². The molecule has 4 aromatic rings. The van der Waals surface area contributed by atoms with Gasteiger partial charge in [-0.2, -0.15) is 0 Å². The summed E-state index contributed by atoms with van der Waals surface area (Å²) in [5.41, 5.74) is 2.12. The molecule has 1 N–H and O–H groups in total. The van der Waals surface area contributed by atoms with Gasteiger partial charge in [-0.25, -0.2) is 0 Å². The van der Waals surface area contributed by atoms with Gasteiger partial charge in [0.1, 0.15) is 16.9 Å². The summed E-state index contributed by atoms with van der Waals surface area (Å²) >= 11 is 13.3. The second-order valence-electron chi connectivity index (χ2n) is 8.96. The van der Waals surface area contributed by atoms with E-state index in [1.807, 2.05) is 74.8 Å². The minimum Gasteiger partial charge on any atom is -0.482 e. The third kappa shape index (κ3) is 5.92. The lowest BCUT2D eigenvalue weighted by atomic mass is 9.71. The van der Waals surface area contributed by atoms with Crippen molar-refractivity contribution in [2.24, 2.45) is 0 Å². The van der Waals surface area contributed by atoms with Gasteiger partial charge in [-0.1, -0.05) is 82.1 Å². The van der Waals surface area contributed by atoms with Crippen molar-refractivity contribution in [3.63, 3.8) is 0 Å². The van der Waals surface area contributed by atoms with Crippen LogP contribution in [-0.2, 0) is 5.60 Å². The number of fused-ring (bicyclic) bond motifs is 1. The van der Waals surface area contributed by atoms with Gasteiger partial charge in [0.25, 0.3) is 0 Å². The van der Waals surface area contributed by atoms with Crippen LogP contribution in [0.4, 0.5) is 0 Å². The molecule has 182 valence electrons. The third-order valence-electron chi connectivity index (χ3n) is 6.35. The molecule has 0 fully saturated rings. The molecule has 4 aromatic carbocycles. The van der Waals surface area contributed by atoms with Crippen molar-refractivity contribution in [1.29, 1.82) is 0 Å². The molecule has 0 spiro atoms. The molecule has 2 atom stereocenters. The molecule has 0 aliphatic heterocycles. The van der Waals surface area contributed by atoms with Crippen LogP contribution in [0, 0.1) is 0 Å². The first-order chi connectivity index (χ1) is 16.8. The fourth-order valence-electron chi connectivity index (χ4n) is 4.62. The van der Waals surface area contributed by atoms with E-state index in [0.29, 0.717) is 17.0 Å². The molecule has 0 amide bonds. The van der Waals surface area contributed by atoms with Gasteiger partial charge in [-0.05, 0) is 94.2 Å². The first kappa shape index (κ1) is 26.2. The summed E-state index contributed by atoms with van der Waals surface area (Å²) in [6.45, 7) is 0.721. The maximum absolute atomic E-state index is 12.6. The number of hydrogen-bond donors (Lipinski definition) is 1. The molecule has 3 nitrogen and oxygen atoms in total. The average molecular weight is 618 g/mol. The highest BCUT2D eigenvalue weighted by Gasteiger charge is 2.41. The lowest BCUT2D eigenvalue weighted by Crippen LogP contribution is -2.38. The summed E-state index contributed by atoms with van der Waals surface area (Å²) in [4.78, 5) is 2.10. The van der Waals surface area contributed by atoms with Crippen molar-refractivity contribution in [1.82, 2.24) is 4.90 Å². The first-order valence-electron chi connectivity index (χ1n) is 11.4. The molecular formula is C29H28Br2ClNO2. The second-order valence-corrected chi connectivity index (χ2v) is 10.7. The van der Waals surface area contributed by atoms with Crippen molar-refractivity contribution < 1.29 is 9.84 Å². The van der Waals surface area contributed by atoms with Gasteiger partial charge < -0.3 is 14.7 Å². The van der Waals surface area contributed by atoms with E-state index in [2.05, 4.69) is 61.0 Å². The van der Waals surface area contributed by atoms with Gasteiger partial charge >= 0.3 is 0 Å². The molecular weight excluding hydrogens is 590 g/mol. The average Bonchev–Trinajstić information content (AvgIpc) is 2.84. The Morgan fingerprint density at radius 3 is 2.29 bits per heavy atom. The Morgan fingerprint density at radius 2 is 1.60 bits per heavy atom. The largest absolute Gasteiger partial charge is 0.482 e. The number of benzene rings is 4. The minimum absolute atomic E-state index is 0.330. The van der Waals surface area contributed by atoms with Gasteiger partial charge in [-0.15, -0.1) is 0 Å². The Balaban J connectivity index is 1.94. The van der Waals surface area contributed by atoms with Crippen molar-refractivity contribution in [3.05, 3.63) is 111 Å². The molecule has 0 radical (unpaired) electrons. The van der Waals surface area contributed by atoms with Gasteiger partial charge in [0.05, 0.1) is 0 Å². The summed E-state index contributed by atoms with van der Waals surface area (Å²) in [6.07, 6.45) is 0.542. The number of aliphatic hydroxyl groups is 1. The van der Waals surface area contributed by atoms with Crippen LogP contribution in [0.2, 0.25) is 5.02 Å². The highest BCUT2D eigenvalue weighted by atomic mass is 79.9. The maximum atomic E-state index is 12.6. The number of rotatable bonds is 9. The highest BCUT2D eigenvalue weighted by Crippen LogP contribution is 2.47. The molecule has 0 heterocycles. The van der Waals surface area contributed by atoms with Crippen LogP contribution in [0.1, 0.15) is 29.0 Å². The summed E-state index contributed by atoms with van der Waals surface area (Å²) in [5.74, 6) is 0.465. The van der Waals surface area contributed by atoms with Crippen molar-refractivity contribution in [2.75, 3.05) is 26.2 Å². The summed E-state index contributed by atoms with van der Waals surface area (Å²) in [6, 6.07) is 28.2. The second kappa shape index (κ2) is 11.4. The van der Waals surface area contributed by atoms with Gasteiger partial charge in [0.15, 0.2) is 0 Å². The first-order valence-corrected chi connectivity index (χ1v) is 13.7. The summed E-state index contributed by atoms with van der Waals surface area (Å²) in [7, 11) is 4.05. The lowest BCUT2D eigenvalue weighted by molar-refractivity contribution is 0.00385. The highest BCUT2D eigenvalue weighted by molar-refractivity contribution is 9.10. The van der Waals surface area contributed by atoms with Crippen LogP contribution in [0.25, 0.3) is 10.8 Å². The van der Waals surface area contributed by atoms with E-state index >= 15 is 0 Å². The standard InChI is InChI=1S/C29H28Br2ClNO2/c1-33(2)16-15-29(34,26-5-3-4-6-27(26)31)28(21-9-12-24(32)13-10-21)22-8-7-20-11-14-25(35-19-30)18-23(20)17-22/h3-14,17-18,28,34H,15-16,19H2,1-2H3. The SMILES string of the molecule is CN(C)CCC(O)(c1ccccc1Br)C(c1ccc(Cl)cc1)c1ccc2ccc(OCBr)cc2c1. The third-order valence-corrected chi connectivity index (χ3v) is 7.52. The topological polar surface area (TPSA) is 32.7 Å². The molecule has 0 aromatic heterocycles. The minimum atomic E-state index is -1.18. The summed E-state index contributed by atoms with van der Waals surface area (Å²) in [5, 5.41) is 15.5. The van der Waals surface area contributed by atoms with Crippen LogP contribution in [0.5, 0.6) is 5.75 Å². The van der Waals surface area contributed by atoms with Crippen molar-refractivity contribution in [3.8, 4) is 5.75 Å². The molecule has 4 rings (SSSR count). The summed E-state index contributed by atoms with van der Waals surface area (Å²) < 4.78 is 6.55. The predicted octanol–water partition coefficient (Wildman–Crippen LogP) is 7.96. The van der Waals surface area contributed by atoms with Crippen LogP contribution in [-0.4, -0.2) is 36.2 Å². The number of hydrogen-bond acceptors (Lipinski definition) is 3.